The number of nitrogens with one attached hydrogen (secondary N) is 1. The van der Waals surface area contributed by atoms with E-state index in [2.05, 4.69) is 9.97 Å². The zero-order valence-corrected chi connectivity index (χ0v) is 12.1. The van der Waals surface area contributed by atoms with Crippen LogP contribution in [0.1, 0.15) is 0 Å². The van der Waals surface area contributed by atoms with Crippen LogP contribution in [0.5, 0.6) is 0 Å². The lowest BCUT2D eigenvalue weighted by Gasteiger charge is -2.03. The number of rotatable bonds is 3. The lowest BCUT2D eigenvalue weighted by atomic mass is 10.4. The molecule has 1 heterocycles. The summed E-state index contributed by atoms with van der Waals surface area (Å²) in [6, 6.07) is 6.28. The third kappa shape index (κ3) is 3.37. The molecule has 1 aromatic carbocycles. The Balaban J connectivity index is 2.30. The van der Waals surface area contributed by atoms with Gasteiger partial charge in [-0.1, -0.05) is 23.4 Å². The molecule has 0 saturated carbocycles. The van der Waals surface area contributed by atoms with Gasteiger partial charge in [-0.3, -0.25) is 4.79 Å². The van der Waals surface area contributed by atoms with Gasteiger partial charge in [-0.25, -0.2) is 13.4 Å². The highest BCUT2D eigenvalue weighted by Gasteiger charge is 2.10. The maximum absolute atomic E-state index is 11.3. The maximum Gasteiger partial charge on any atom is 0.270 e. The number of hydrogen-bond donors (Lipinski definition) is 1. The van der Waals surface area contributed by atoms with Crippen molar-refractivity contribution in [1.82, 2.24) is 9.97 Å². The number of hydrogen-bond acceptors (Lipinski definition) is 5. The van der Waals surface area contributed by atoms with Crippen LogP contribution in [0.2, 0.25) is 5.02 Å². The fourth-order valence-corrected chi connectivity index (χ4v) is 2.94. The number of benzene rings is 1. The van der Waals surface area contributed by atoms with Crippen molar-refractivity contribution in [1.29, 1.82) is 0 Å². The Morgan fingerprint density at radius 1 is 1.26 bits per heavy atom. The quantitative estimate of drug-likeness (QED) is 0.876. The molecule has 0 unspecified atom stereocenters. The topological polar surface area (TPSA) is 79.9 Å². The first-order chi connectivity index (χ1) is 8.88. The van der Waals surface area contributed by atoms with Gasteiger partial charge in [0.05, 0.1) is 11.2 Å². The summed E-state index contributed by atoms with van der Waals surface area (Å²) >= 11 is 7.01. The summed E-state index contributed by atoms with van der Waals surface area (Å²) < 4.78 is 22.6. The summed E-state index contributed by atoms with van der Waals surface area (Å²) in [4.78, 5) is 18.6. The molecule has 2 aromatic rings. The third-order valence-electron chi connectivity index (χ3n) is 2.23. The number of H-pyrrole nitrogens is 1. The van der Waals surface area contributed by atoms with Crippen molar-refractivity contribution in [2.45, 2.75) is 14.8 Å². The van der Waals surface area contributed by atoms with Crippen LogP contribution in [0.3, 0.4) is 0 Å². The zero-order valence-electron chi connectivity index (χ0n) is 9.75. The van der Waals surface area contributed by atoms with Gasteiger partial charge in [0, 0.05) is 11.2 Å². The summed E-state index contributed by atoms with van der Waals surface area (Å²) in [5, 5.41) is 0.386. The highest BCUT2D eigenvalue weighted by Crippen LogP contribution is 2.29. The number of halogens is 1. The Hall–Kier alpha value is -1.31. The van der Waals surface area contributed by atoms with Crippen LogP contribution in [0.15, 0.2) is 50.2 Å². The van der Waals surface area contributed by atoms with Crippen molar-refractivity contribution in [2.24, 2.45) is 0 Å². The summed E-state index contributed by atoms with van der Waals surface area (Å²) in [5.41, 5.74) is -0.410. The second kappa shape index (κ2) is 5.36. The lowest BCUT2D eigenvalue weighted by Crippen LogP contribution is -2.07. The van der Waals surface area contributed by atoms with Crippen molar-refractivity contribution in [3.8, 4) is 0 Å². The van der Waals surface area contributed by atoms with Gasteiger partial charge >= 0.3 is 0 Å². The normalized spacial score (nSPS) is 11.5. The zero-order chi connectivity index (χ0) is 14.0. The highest BCUT2D eigenvalue weighted by atomic mass is 35.5. The molecule has 0 radical (unpaired) electrons. The summed E-state index contributed by atoms with van der Waals surface area (Å²) in [6.45, 7) is 0. The van der Waals surface area contributed by atoms with Crippen molar-refractivity contribution < 1.29 is 8.42 Å². The fraction of sp³-hybridized carbons (Fsp3) is 0.0909. The van der Waals surface area contributed by atoms with Gasteiger partial charge in [0.1, 0.15) is 10.0 Å². The molecule has 2 rings (SSSR count). The molecule has 0 atom stereocenters. The number of sulfone groups is 1. The van der Waals surface area contributed by atoms with E-state index in [1.54, 1.807) is 12.1 Å². The molecule has 8 heteroatoms. The Kier molecular flexibility index (Phi) is 3.98. The SMILES string of the molecule is CS(=O)(=O)c1ccc(Sc2nc[nH]c(=O)c2Cl)cc1. The van der Waals surface area contributed by atoms with Crippen LogP contribution >= 0.6 is 23.4 Å². The van der Waals surface area contributed by atoms with E-state index in [0.717, 1.165) is 11.2 Å². The standard InChI is InChI=1S/C11H9ClN2O3S2/c1-19(16,17)8-4-2-7(3-5-8)18-11-9(12)10(15)13-6-14-11/h2-6H,1H3,(H,13,14,15). The van der Waals surface area contributed by atoms with Crippen LogP contribution < -0.4 is 5.56 Å². The first-order valence-electron chi connectivity index (χ1n) is 5.09. The Morgan fingerprint density at radius 3 is 2.47 bits per heavy atom. The lowest BCUT2D eigenvalue weighted by molar-refractivity contribution is 0.602. The van der Waals surface area contributed by atoms with Crippen LogP contribution in [-0.4, -0.2) is 24.6 Å². The predicted octanol–water partition coefficient (Wildman–Crippen LogP) is 1.98. The van der Waals surface area contributed by atoms with E-state index in [1.807, 2.05) is 0 Å². The second-order valence-electron chi connectivity index (χ2n) is 3.70. The average molecular weight is 317 g/mol. The first kappa shape index (κ1) is 14.1. The smallest absolute Gasteiger partial charge is 0.270 e. The maximum atomic E-state index is 11.3. The molecule has 19 heavy (non-hydrogen) atoms. The third-order valence-corrected chi connectivity index (χ3v) is 4.83. The van der Waals surface area contributed by atoms with Crippen LogP contribution in [0.25, 0.3) is 0 Å². The number of aromatic amines is 1. The van der Waals surface area contributed by atoms with Gasteiger partial charge in [0.25, 0.3) is 5.56 Å². The molecule has 0 aliphatic carbocycles. The molecule has 100 valence electrons. The monoisotopic (exact) mass is 316 g/mol. The van der Waals surface area contributed by atoms with E-state index in [4.69, 9.17) is 11.6 Å². The van der Waals surface area contributed by atoms with E-state index in [0.29, 0.717) is 5.03 Å². The Bertz CT molecular complexity index is 754. The molecular formula is C11H9ClN2O3S2. The van der Waals surface area contributed by atoms with Crippen LogP contribution in [0.4, 0.5) is 0 Å². The van der Waals surface area contributed by atoms with E-state index in [9.17, 15) is 13.2 Å². The van der Waals surface area contributed by atoms with Crippen LogP contribution in [-0.2, 0) is 9.84 Å². The molecule has 0 aliphatic heterocycles. The minimum absolute atomic E-state index is 0.0136. The minimum Gasteiger partial charge on any atom is -0.312 e. The van der Waals surface area contributed by atoms with E-state index in [1.165, 1.54) is 30.2 Å². The summed E-state index contributed by atoms with van der Waals surface area (Å²) in [6.07, 6.45) is 2.41. The van der Waals surface area contributed by atoms with E-state index in [-0.39, 0.29) is 9.92 Å². The van der Waals surface area contributed by atoms with E-state index < -0.39 is 15.4 Å². The van der Waals surface area contributed by atoms with Gasteiger partial charge in [-0.05, 0) is 24.3 Å². The molecule has 1 N–H and O–H groups in total. The molecule has 5 nitrogen and oxygen atoms in total. The van der Waals surface area contributed by atoms with Gasteiger partial charge in [-0.15, -0.1) is 0 Å². The molecule has 0 fully saturated rings. The van der Waals surface area contributed by atoms with Gasteiger partial charge in [-0.2, -0.15) is 0 Å². The molecule has 0 amide bonds. The van der Waals surface area contributed by atoms with Crippen molar-refractivity contribution in [3.63, 3.8) is 0 Å². The van der Waals surface area contributed by atoms with Gasteiger partial charge in [0.2, 0.25) is 0 Å². The van der Waals surface area contributed by atoms with E-state index >= 15 is 0 Å². The molecule has 0 saturated heterocycles. The Morgan fingerprint density at radius 2 is 1.89 bits per heavy atom. The first-order valence-corrected chi connectivity index (χ1v) is 8.17. The van der Waals surface area contributed by atoms with Crippen LogP contribution in [0, 0.1) is 0 Å². The van der Waals surface area contributed by atoms with Crippen molar-refractivity contribution in [3.05, 3.63) is 46.0 Å². The predicted molar refractivity (Wildman–Crippen MR) is 73.5 cm³/mol. The summed E-state index contributed by atoms with van der Waals surface area (Å²) in [5.74, 6) is 0. The van der Waals surface area contributed by atoms with Crippen molar-refractivity contribution in [2.75, 3.05) is 6.26 Å². The molecule has 0 aliphatic rings. The molecular weight excluding hydrogens is 308 g/mol. The van der Waals surface area contributed by atoms with Crippen molar-refractivity contribution >= 4 is 33.2 Å². The minimum atomic E-state index is -3.21. The van der Waals surface area contributed by atoms with Gasteiger partial charge < -0.3 is 4.98 Å². The highest BCUT2D eigenvalue weighted by molar-refractivity contribution is 7.99. The molecule has 0 spiro atoms. The molecule has 0 bridgehead atoms. The fourth-order valence-electron chi connectivity index (χ4n) is 1.30. The second-order valence-corrected chi connectivity index (χ2v) is 7.15. The largest absolute Gasteiger partial charge is 0.312 e. The Labute approximate surface area is 119 Å². The molecule has 1 aromatic heterocycles. The summed E-state index contributed by atoms with van der Waals surface area (Å²) in [7, 11) is -3.21. The number of aromatic nitrogens is 2. The van der Waals surface area contributed by atoms with Gasteiger partial charge in [0.15, 0.2) is 9.84 Å². The number of nitrogens with zero attached hydrogens (tertiary/aromatic N) is 1. The average Bonchev–Trinajstić information content (AvgIpc) is 2.35.